The Morgan fingerprint density at radius 3 is 2.17 bits per heavy atom. The summed E-state index contributed by atoms with van der Waals surface area (Å²) in [7, 11) is 0. The standard InChI is InChI=1S/C17H11Cl2N3O/c18-14-5-1-11(2-6-14)13(10-20)9-16-21-22-17(23-16)12-3-7-15(19)8-4-12/h1-8,13H,9H2/t13-/m0/s1. The van der Waals surface area contributed by atoms with Gasteiger partial charge < -0.3 is 4.42 Å². The molecule has 0 spiro atoms. The number of hydrogen-bond donors (Lipinski definition) is 0. The summed E-state index contributed by atoms with van der Waals surface area (Å²) < 4.78 is 5.64. The number of rotatable bonds is 4. The Balaban J connectivity index is 1.79. The fourth-order valence-electron chi connectivity index (χ4n) is 2.15. The van der Waals surface area contributed by atoms with Crippen LogP contribution in [-0.2, 0) is 6.42 Å². The van der Waals surface area contributed by atoms with E-state index in [0.717, 1.165) is 11.1 Å². The zero-order chi connectivity index (χ0) is 16.2. The molecule has 3 rings (SSSR count). The van der Waals surface area contributed by atoms with Crippen LogP contribution < -0.4 is 0 Å². The molecule has 4 nitrogen and oxygen atoms in total. The lowest BCUT2D eigenvalue weighted by Gasteiger charge is -2.06. The summed E-state index contributed by atoms with van der Waals surface area (Å²) in [6, 6.07) is 16.5. The maximum Gasteiger partial charge on any atom is 0.247 e. The first kappa shape index (κ1) is 15.5. The van der Waals surface area contributed by atoms with E-state index in [1.165, 1.54) is 0 Å². The van der Waals surface area contributed by atoms with Gasteiger partial charge in [0, 0.05) is 22.0 Å². The lowest BCUT2D eigenvalue weighted by Crippen LogP contribution is -2.00. The van der Waals surface area contributed by atoms with Gasteiger partial charge in [0.2, 0.25) is 11.8 Å². The molecule has 0 saturated carbocycles. The maximum absolute atomic E-state index is 9.38. The van der Waals surface area contributed by atoms with Crippen molar-refractivity contribution in [3.63, 3.8) is 0 Å². The van der Waals surface area contributed by atoms with Crippen molar-refractivity contribution < 1.29 is 4.42 Å². The van der Waals surface area contributed by atoms with E-state index in [1.807, 2.05) is 12.1 Å². The van der Waals surface area contributed by atoms with Gasteiger partial charge in [-0.25, -0.2) is 0 Å². The molecule has 0 N–H and O–H groups in total. The summed E-state index contributed by atoms with van der Waals surface area (Å²) in [4.78, 5) is 0. The minimum atomic E-state index is -0.370. The summed E-state index contributed by atoms with van der Waals surface area (Å²) in [5, 5.41) is 18.7. The molecule has 0 aliphatic carbocycles. The third kappa shape index (κ3) is 3.70. The number of halogens is 2. The summed E-state index contributed by atoms with van der Waals surface area (Å²) in [6.07, 6.45) is 0.346. The van der Waals surface area contributed by atoms with Crippen LogP contribution in [0.5, 0.6) is 0 Å². The molecule has 0 amide bonds. The number of aromatic nitrogens is 2. The molecular weight excluding hydrogens is 333 g/mol. The summed E-state index contributed by atoms with van der Waals surface area (Å²) in [6.45, 7) is 0. The Kier molecular flexibility index (Phi) is 4.61. The van der Waals surface area contributed by atoms with Gasteiger partial charge in [0.1, 0.15) is 0 Å². The van der Waals surface area contributed by atoms with Crippen LogP contribution >= 0.6 is 23.2 Å². The summed E-state index contributed by atoms with van der Waals surface area (Å²) in [5.41, 5.74) is 1.65. The van der Waals surface area contributed by atoms with Crippen LogP contribution in [0, 0.1) is 11.3 Å². The van der Waals surface area contributed by atoms with Crippen molar-refractivity contribution in [3.05, 3.63) is 70.0 Å². The topological polar surface area (TPSA) is 62.7 Å². The molecular formula is C17H11Cl2N3O. The first-order valence-corrected chi connectivity index (χ1v) is 7.64. The molecule has 0 bridgehead atoms. The van der Waals surface area contributed by atoms with Gasteiger partial charge >= 0.3 is 0 Å². The molecule has 0 radical (unpaired) electrons. The molecule has 0 saturated heterocycles. The molecule has 23 heavy (non-hydrogen) atoms. The van der Waals surface area contributed by atoms with Crippen LogP contribution in [0.25, 0.3) is 11.5 Å². The van der Waals surface area contributed by atoms with Crippen molar-refractivity contribution in [3.8, 4) is 17.5 Å². The van der Waals surface area contributed by atoms with Crippen molar-refractivity contribution in [1.29, 1.82) is 5.26 Å². The van der Waals surface area contributed by atoms with Gasteiger partial charge in [0.25, 0.3) is 0 Å². The average molecular weight is 344 g/mol. The van der Waals surface area contributed by atoms with Gasteiger partial charge in [-0.2, -0.15) is 5.26 Å². The Morgan fingerprint density at radius 1 is 0.957 bits per heavy atom. The van der Waals surface area contributed by atoms with E-state index >= 15 is 0 Å². The van der Waals surface area contributed by atoms with Crippen LogP contribution in [-0.4, -0.2) is 10.2 Å². The van der Waals surface area contributed by atoms with Crippen LogP contribution in [0.1, 0.15) is 17.4 Å². The summed E-state index contributed by atoms with van der Waals surface area (Å²) in [5.74, 6) is 0.451. The molecule has 1 atom stereocenters. The van der Waals surface area contributed by atoms with Crippen molar-refractivity contribution in [1.82, 2.24) is 10.2 Å². The maximum atomic E-state index is 9.38. The molecule has 0 aliphatic rings. The van der Waals surface area contributed by atoms with Crippen molar-refractivity contribution >= 4 is 23.2 Å². The quantitative estimate of drug-likeness (QED) is 0.676. The highest BCUT2D eigenvalue weighted by molar-refractivity contribution is 6.30. The van der Waals surface area contributed by atoms with E-state index in [4.69, 9.17) is 27.6 Å². The zero-order valence-corrected chi connectivity index (χ0v) is 13.4. The molecule has 0 fully saturated rings. The molecule has 114 valence electrons. The van der Waals surface area contributed by atoms with E-state index in [0.29, 0.717) is 28.2 Å². The molecule has 2 aromatic carbocycles. The van der Waals surface area contributed by atoms with Crippen LogP contribution in [0.2, 0.25) is 10.0 Å². The van der Waals surface area contributed by atoms with Gasteiger partial charge in [-0.1, -0.05) is 35.3 Å². The fraction of sp³-hybridized carbons (Fsp3) is 0.118. The Bertz CT molecular complexity index is 836. The average Bonchev–Trinajstić information content (AvgIpc) is 3.03. The molecule has 3 aromatic rings. The number of nitrogens with zero attached hydrogens (tertiary/aromatic N) is 3. The zero-order valence-electron chi connectivity index (χ0n) is 11.9. The Hall–Kier alpha value is -2.35. The molecule has 6 heteroatoms. The smallest absolute Gasteiger partial charge is 0.247 e. The first-order chi connectivity index (χ1) is 11.2. The highest BCUT2D eigenvalue weighted by Crippen LogP contribution is 2.24. The Morgan fingerprint density at radius 2 is 1.57 bits per heavy atom. The number of benzene rings is 2. The second-order valence-corrected chi connectivity index (χ2v) is 5.82. The van der Waals surface area contributed by atoms with Crippen molar-refractivity contribution in [2.24, 2.45) is 0 Å². The van der Waals surface area contributed by atoms with Crippen LogP contribution in [0.3, 0.4) is 0 Å². The van der Waals surface area contributed by atoms with Crippen LogP contribution in [0.15, 0.2) is 52.9 Å². The normalized spacial score (nSPS) is 11.9. The lowest BCUT2D eigenvalue weighted by atomic mass is 9.97. The highest BCUT2D eigenvalue weighted by atomic mass is 35.5. The Labute approximate surface area is 143 Å². The molecule has 0 unspecified atom stereocenters. The largest absolute Gasteiger partial charge is 0.421 e. The highest BCUT2D eigenvalue weighted by Gasteiger charge is 2.16. The van der Waals surface area contributed by atoms with Crippen LogP contribution in [0.4, 0.5) is 0 Å². The van der Waals surface area contributed by atoms with Gasteiger partial charge in [-0.15, -0.1) is 10.2 Å². The fourth-order valence-corrected chi connectivity index (χ4v) is 2.40. The van der Waals surface area contributed by atoms with E-state index in [1.54, 1.807) is 36.4 Å². The minimum Gasteiger partial charge on any atom is -0.421 e. The minimum absolute atomic E-state index is 0.346. The molecule has 0 aliphatic heterocycles. The van der Waals surface area contributed by atoms with Gasteiger partial charge in [-0.05, 0) is 42.0 Å². The van der Waals surface area contributed by atoms with E-state index < -0.39 is 0 Å². The van der Waals surface area contributed by atoms with Crippen molar-refractivity contribution in [2.75, 3.05) is 0 Å². The first-order valence-electron chi connectivity index (χ1n) is 6.89. The third-order valence-corrected chi connectivity index (χ3v) is 3.87. The van der Waals surface area contributed by atoms with E-state index in [9.17, 15) is 5.26 Å². The second-order valence-electron chi connectivity index (χ2n) is 4.95. The SMILES string of the molecule is N#C[C@H](Cc1nnc(-c2ccc(Cl)cc2)o1)c1ccc(Cl)cc1. The predicted octanol–water partition coefficient (Wildman–Crippen LogP) is 4.89. The van der Waals surface area contributed by atoms with Crippen molar-refractivity contribution in [2.45, 2.75) is 12.3 Å². The number of nitriles is 1. The summed E-state index contributed by atoms with van der Waals surface area (Å²) >= 11 is 11.7. The number of hydrogen-bond acceptors (Lipinski definition) is 4. The van der Waals surface area contributed by atoms with Gasteiger partial charge in [0.15, 0.2) is 0 Å². The molecule has 1 heterocycles. The van der Waals surface area contributed by atoms with E-state index in [-0.39, 0.29) is 5.92 Å². The lowest BCUT2D eigenvalue weighted by molar-refractivity contribution is 0.497. The molecule has 1 aromatic heterocycles. The predicted molar refractivity (Wildman–Crippen MR) is 88.3 cm³/mol. The van der Waals surface area contributed by atoms with E-state index in [2.05, 4.69) is 16.3 Å². The monoisotopic (exact) mass is 343 g/mol. The van der Waals surface area contributed by atoms with Gasteiger partial charge in [-0.3, -0.25) is 0 Å². The third-order valence-electron chi connectivity index (χ3n) is 3.36. The second kappa shape index (κ2) is 6.82. The van der Waals surface area contributed by atoms with Gasteiger partial charge in [0.05, 0.1) is 12.0 Å².